The molecule has 0 saturated carbocycles. The van der Waals surface area contributed by atoms with E-state index in [4.69, 9.17) is 0 Å². The second-order valence-electron chi connectivity index (χ2n) is 4.14. The summed E-state index contributed by atoms with van der Waals surface area (Å²) in [4.78, 5) is 10.2. The van der Waals surface area contributed by atoms with Crippen LogP contribution >= 0.6 is 15.9 Å². The molecule has 88 valence electrons. The van der Waals surface area contributed by atoms with Crippen molar-refractivity contribution in [2.75, 3.05) is 0 Å². The molecule has 0 aliphatic carbocycles. The minimum Gasteiger partial charge on any atom is -0.296 e. The Kier molecular flexibility index (Phi) is 4.19. The van der Waals surface area contributed by atoms with Crippen LogP contribution in [0, 0.1) is 5.92 Å². The Morgan fingerprint density at radius 2 is 2.06 bits per heavy atom. The number of hydrogen-bond acceptors (Lipinski definition) is 1. The van der Waals surface area contributed by atoms with Crippen LogP contribution in [-0.4, -0.2) is 6.29 Å². The molecule has 0 atom stereocenters. The molecule has 0 radical (unpaired) electrons. The second kappa shape index (κ2) is 5.04. The van der Waals surface area contributed by atoms with Crippen molar-refractivity contribution in [3.63, 3.8) is 0 Å². The van der Waals surface area contributed by atoms with Crippen molar-refractivity contribution < 1.29 is 13.6 Å². The number of hydrogen-bond donors (Lipinski definition) is 0. The first-order chi connectivity index (χ1) is 7.36. The summed E-state index contributed by atoms with van der Waals surface area (Å²) < 4.78 is 26.8. The first-order valence-corrected chi connectivity index (χ1v) is 5.79. The van der Waals surface area contributed by atoms with Gasteiger partial charge in [-0.15, -0.1) is 0 Å². The number of alkyl halides is 2. The molecule has 0 unspecified atom stereocenters. The molecule has 0 amide bonds. The Balaban J connectivity index is 3.04. The van der Waals surface area contributed by atoms with Crippen molar-refractivity contribution in [2.24, 2.45) is 5.92 Å². The second-order valence-corrected chi connectivity index (χ2v) is 5.00. The zero-order valence-corrected chi connectivity index (χ0v) is 10.7. The van der Waals surface area contributed by atoms with Crippen LogP contribution < -0.4 is 0 Å². The molecule has 0 aliphatic heterocycles. The van der Waals surface area contributed by atoms with Crippen molar-refractivity contribution in [2.45, 2.75) is 26.2 Å². The number of carbonyl (C=O) groups is 1. The molecular weight excluding hydrogens is 278 g/mol. The Labute approximate surface area is 102 Å². The van der Waals surface area contributed by atoms with E-state index in [1.54, 1.807) is 6.07 Å². The smallest absolute Gasteiger partial charge is 0.296 e. The first kappa shape index (κ1) is 13.3. The fourth-order valence-corrected chi connectivity index (χ4v) is 1.97. The predicted molar refractivity (Wildman–Crippen MR) is 62.6 cm³/mol. The summed E-state index contributed by atoms with van der Waals surface area (Å²) in [7, 11) is 0. The van der Waals surface area contributed by atoms with Gasteiger partial charge >= 0.3 is 5.92 Å². The molecule has 0 bridgehead atoms. The van der Waals surface area contributed by atoms with Crippen molar-refractivity contribution in [3.05, 3.63) is 33.8 Å². The maximum atomic E-state index is 13.1. The molecular formula is C12H13BrF2O. The van der Waals surface area contributed by atoms with E-state index in [-0.39, 0.29) is 11.8 Å². The summed E-state index contributed by atoms with van der Waals surface area (Å²) in [5.74, 6) is -2.95. The normalized spacial score (nSPS) is 11.9. The highest BCUT2D eigenvalue weighted by molar-refractivity contribution is 9.10. The van der Waals surface area contributed by atoms with Crippen LogP contribution in [0.5, 0.6) is 0 Å². The lowest BCUT2D eigenvalue weighted by Crippen LogP contribution is -2.15. The lowest BCUT2D eigenvalue weighted by Gasteiger charge is -2.12. The topological polar surface area (TPSA) is 17.1 Å². The third-order valence-corrected chi connectivity index (χ3v) is 2.95. The zero-order valence-electron chi connectivity index (χ0n) is 9.14. The third kappa shape index (κ3) is 3.11. The highest BCUT2D eigenvalue weighted by atomic mass is 79.9. The maximum Gasteiger partial charge on any atom is 0.327 e. The quantitative estimate of drug-likeness (QED) is 0.768. The van der Waals surface area contributed by atoms with Crippen LogP contribution in [0.4, 0.5) is 8.78 Å². The molecule has 0 aromatic heterocycles. The van der Waals surface area contributed by atoms with Gasteiger partial charge in [0.05, 0.1) is 0 Å². The lowest BCUT2D eigenvalue weighted by molar-refractivity contribution is -0.130. The van der Waals surface area contributed by atoms with Gasteiger partial charge < -0.3 is 0 Å². The summed E-state index contributed by atoms with van der Waals surface area (Å²) in [5, 5.41) is 0. The third-order valence-electron chi connectivity index (χ3n) is 2.21. The van der Waals surface area contributed by atoms with Crippen molar-refractivity contribution in [1.82, 2.24) is 0 Å². The Hall–Kier alpha value is -0.770. The van der Waals surface area contributed by atoms with Crippen molar-refractivity contribution in [1.29, 1.82) is 0 Å². The van der Waals surface area contributed by atoms with Crippen LogP contribution in [0.1, 0.15) is 25.0 Å². The van der Waals surface area contributed by atoms with Gasteiger partial charge in [0, 0.05) is 10.0 Å². The number of benzene rings is 1. The predicted octanol–water partition coefficient (Wildman–Crippen LogP) is 3.94. The summed E-state index contributed by atoms with van der Waals surface area (Å²) in [5.41, 5.74) is 0.697. The molecule has 0 N–H and O–H groups in total. The molecule has 0 spiro atoms. The van der Waals surface area contributed by atoms with E-state index in [0.29, 0.717) is 10.4 Å². The highest BCUT2D eigenvalue weighted by Gasteiger charge is 2.31. The Bertz CT molecular complexity index is 389. The molecule has 1 rings (SSSR count). The summed E-state index contributed by atoms with van der Waals surface area (Å²) in [6.45, 7) is 4.11. The highest BCUT2D eigenvalue weighted by Crippen LogP contribution is 2.30. The molecule has 0 aliphatic rings. The van der Waals surface area contributed by atoms with E-state index in [9.17, 15) is 13.6 Å². The molecule has 0 fully saturated rings. The molecule has 1 aromatic rings. The van der Waals surface area contributed by atoms with Crippen LogP contribution in [-0.2, 0) is 17.1 Å². The van der Waals surface area contributed by atoms with E-state index >= 15 is 0 Å². The van der Waals surface area contributed by atoms with Gasteiger partial charge in [-0.1, -0.05) is 41.9 Å². The van der Waals surface area contributed by atoms with E-state index < -0.39 is 5.92 Å². The average Bonchev–Trinajstić information content (AvgIpc) is 2.20. The summed E-state index contributed by atoms with van der Waals surface area (Å²) in [6, 6.07) is 4.25. The zero-order chi connectivity index (χ0) is 12.3. The summed E-state index contributed by atoms with van der Waals surface area (Å²) in [6.07, 6.45) is 0.477. The van der Waals surface area contributed by atoms with Gasteiger partial charge in [-0.05, 0) is 24.0 Å². The molecule has 1 nitrogen and oxygen atoms in total. The standard InChI is InChI=1S/C12H13BrF2O/c1-8(2)5-9-3-4-10(6-11(9)13)12(14,15)7-16/h3-4,6-8H,5H2,1-2H3. The van der Waals surface area contributed by atoms with Gasteiger partial charge in [-0.3, -0.25) is 4.79 Å². The van der Waals surface area contributed by atoms with Crippen molar-refractivity contribution in [3.8, 4) is 0 Å². The molecule has 0 saturated heterocycles. The Morgan fingerprint density at radius 1 is 1.44 bits per heavy atom. The van der Waals surface area contributed by atoms with Crippen LogP contribution in [0.2, 0.25) is 0 Å². The van der Waals surface area contributed by atoms with Gasteiger partial charge in [0.1, 0.15) is 0 Å². The van der Waals surface area contributed by atoms with Gasteiger partial charge in [-0.25, -0.2) is 0 Å². The molecule has 1 aromatic carbocycles. The summed E-state index contributed by atoms with van der Waals surface area (Å²) >= 11 is 3.25. The molecule has 4 heteroatoms. The van der Waals surface area contributed by atoms with Gasteiger partial charge in [0.25, 0.3) is 0 Å². The van der Waals surface area contributed by atoms with E-state index in [2.05, 4.69) is 29.8 Å². The fraction of sp³-hybridized carbons (Fsp3) is 0.417. The number of halogens is 3. The molecule has 0 heterocycles. The van der Waals surface area contributed by atoms with E-state index in [0.717, 1.165) is 12.0 Å². The first-order valence-electron chi connectivity index (χ1n) is 5.00. The monoisotopic (exact) mass is 290 g/mol. The van der Waals surface area contributed by atoms with E-state index in [1.165, 1.54) is 12.1 Å². The SMILES string of the molecule is CC(C)Cc1ccc(C(F)(F)C=O)cc1Br. The minimum atomic E-state index is -3.40. The van der Waals surface area contributed by atoms with E-state index in [1.807, 2.05) is 0 Å². The van der Waals surface area contributed by atoms with Gasteiger partial charge in [-0.2, -0.15) is 8.78 Å². The van der Waals surface area contributed by atoms with Crippen LogP contribution in [0.25, 0.3) is 0 Å². The van der Waals surface area contributed by atoms with Gasteiger partial charge in [0.15, 0.2) is 6.29 Å². The maximum absolute atomic E-state index is 13.1. The van der Waals surface area contributed by atoms with Crippen molar-refractivity contribution >= 4 is 22.2 Å². The van der Waals surface area contributed by atoms with Gasteiger partial charge in [0.2, 0.25) is 0 Å². The number of carbonyl (C=O) groups excluding carboxylic acids is 1. The Morgan fingerprint density at radius 3 is 2.50 bits per heavy atom. The number of rotatable bonds is 4. The fourth-order valence-electron chi connectivity index (χ4n) is 1.43. The lowest BCUT2D eigenvalue weighted by atomic mass is 10.0. The van der Waals surface area contributed by atoms with Crippen LogP contribution in [0.3, 0.4) is 0 Å². The largest absolute Gasteiger partial charge is 0.327 e. The van der Waals surface area contributed by atoms with Crippen LogP contribution in [0.15, 0.2) is 22.7 Å². The number of aldehydes is 1. The minimum absolute atomic E-state index is 0.276. The molecule has 16 heavy (non-hydrogen) atoms. The average molecular weight is 291 g/mol.